The molecule has 0 bridgehead atoms. The van der Waals surface area contributed by atoms with Crippen LogP contribution in [0.1, 0.15) is 22.8 Å². The molecule has 2 aromatic carbocycles. The van der Waals surface area contributed by atoms with Crippen molar-refractivity contribution in [3.63, 3.8) is 0 Å². The molecule has 0 saturated carbocycles. The summed E-state index contributed by atoms with van der Waals surface area (Å²) in [5, 5.41) is 0. The first kappa shape index (κ1) is 17.3. The van der Waals surface area contributed by atoms with Gasteiger partial charge in [0, 0.05) is 0 Å². The van der Waals surface area contributed by atoms with E-state index >= 15 is 0 Å². The van der Waals surface area contributed by atoms with Crippen LogP contribution in [0.25, 0.3) is 6.08 Å². The van der Waals surface area contributed by atoms with Gasteiger partial charge in [0.25, 0.3) is 0 Å². The Labute approximate surface area is 140 Å². The Balaban J connectivity index is 2.25. The van der Waals surface area contributed by atoms with Crippen molar-refractivity contribution in [3.8, 4) is 17.2 Å². The highest BCUT2D eigenvalue weighted by atomic mass is 16.5. The number of esters is 1. The molecule has 0 spiro atoms. The number of hydrogen-bond donors (Lipinski definition) is 0. The molecule has 0 atom stereocenters. The summed E-state index contributed by atoms with van der Waals surface area (Å²) in [6.45, 7) is 1.49. The molecule has 0 amide bonds. The van der Waals surface area contributed by atoms with Crippen molar-refractivity contribution < 1.29 is 23.8 Å². The van der Waals surface area contributed by atoms with Crippen LogP contribution in [0.5, 0.6) is 17.2 Å². The molecule has 2 aromatic rings. The van der Waals surface area contributed by atoms with Gasteiger partial charge in [-0.25, -0.2) is 4.79 Å². The Morgan fingerprint density at radius 2 is 1.67 bits per heavy atom. The zero-order valence-corrected chi connectivity index (χ0v) is 13.7. The number of carbonyl (C=O) groups excluding carboxylic acids is 2. The smallest absolute Gasteiger partial charge is 0.337 e. The quantitative estimate of drug-likeness (QED) is 0.595. The minimum absolute atomic E-state index is 0.0355. The van der Waals surface area contributed by atoms with E-state index in [1.54, 1.807) is 49.6 Å². The van der Waals surface area contributed by atoms with Gasteiger partial charge in [0.2, 0.25) is 0 Å². The Hall–Kier alpha value is -3.08. The summed E-state index contributed by atoms with van der Waals surface area (Å²) in [5.41, 5.74) is 1.25. The lowest BCUT2D eigenvalue weighted by Gasteiger charge is -2.11. The normalized spacial score (nSPS) is 10.5. The molecule has 0 fully saturated rings. The van der Waals surface area contributed by atoms with E-state index in [-0.39, 0.29) is 5.78 Å². The van der Waals surface area contributed by atoms with Gasteiger partial charge < -0.3 is 14.2 Å². The summed E-state index contributed by atoms with van der Waals surface area (Å²) in [5.74, 6) is 1.18. The molecular formula is C19H18O5. The van der Waals surface area contributed by atoms with Gasteiger partial charge >= 0.3 is 5.97 Å². The van der Waals surface area contributed by atoms with Crippen LogP contribution in [0.4, 0.5) is 0 Å². The lowest BCUT2D eigenvalue weighted by molar-refractivity contribution is -0.112. The predicted octanol–water partition coefficient (Wildman–Crippen LogP) is 3.88. The van der Waals surface area contributed by atoms with E-state index in [9.17, 15) is 9.59 Å². The third-order valence-corrected chi connectivity index (χ3v) is 3.20. The molecule has 2 rings (SSSR count). The minimum atomic E-state index is -0.407. The zero-order chi connectivity index (χ0) is 17.5. The van der Waals surface area contributed by atoms with Crippen molar-refractivity contribution in [2.45, 2.75) is 6.92 Å². The highest BCUT2D eigenvalue weighted by Gasteiger charge is 2.08. The summed E-state index contributed by atoms with van der Waals surface area (Å²) in [6, 6.07) is 11.9. The predicted molar refractivity (Wildman–Crippen MR) is 90.6 cm³/mol. The molecule has 0 aliphatic heterocycles. The molecular weight excluding hydrogens is 308 g/mol. The second kappa shape index (κ2) is 7.97. The van der Waals surface area contributed by atoms with E-state index in [1.807, 2.05) is 6.07 Å². The molecule has 0 aliphatic carbocycles. The molecule has 0 aromatic heterocycles. The van der Waals surface area contributed by atoms with Gasteiger partial charge in [0.05, 0.1) is 19.8 Å². The number of ether oxygens (including phenoxy) is 3. The number of rotatable bonds is 6. The zero-order valence-electron chi connectivity index (χ0n) is 13.7. The van der Waals surface area contributed by atoms with Crippen molar-refractivity contribution in [2.75, 3.05) is 14.2 Å². The van der Waals surface area contributed by atoms with Gasteiger partial charge in [-0.2, -0.15) is 0 Å². The lowest BCUT2D eigenvalue weighted by Crippen LogP contribution is -2.00. The average Bonchev–Trinajstić information content (AvgIpc) is 2.60. The van der Waals surface area contributed by atoms with Crippen molar-refractivity contribution in [2.24, 2.45) is 0 Å². The molecule has 5 nitrogen and oxygen atoms in total. The molecule has 5 heteroatoms. The Morgan fingerprint density at radius 3 is 2.25 bits per heavy atom. The Morgan fingerprint density at radius 1 is 0.958 bits per heavy atom. The summed E-state index contributed by atoms with van der Waals surface area (Å²) in [7, 11) is 2.88. The lowest BCUT2D eigenvalue weighted by atomic mass is 10.1. The first-order valence-corrected chi connectivity index (χ1v) is 7.26. The van der Waals surface area contributed by atoms with E-state index in [0.29, 0.717) is 22.8 Å². The van der Waals surface area contributed by atoms with Crippen LogP contribution in [0.2, 0.25) is 0 Å². The second-order valence-electron chi connectivity index (χ2n) is 4.97. The second-order valence-corrected chi connectivity index (χ2v) is 4.97. The van der Waals surface area contributed by atoms with Crippen LogP contribution in [-0.2, 0) is 9.53 Å². The summed E-state index contributed by atoms with van der Waals surface area (Å²) in [6.07, 6.45) is 3.19. The maximum atomic E-state index is 11.4. The van der Waals surface area contributed by atoms with Gasteiger partial charge in [0.15, 0.2) is 17.3 Å². The van der Waals surface area contributed by atoms with Crippen molar-refractivity contribution in [1.29, 1.82) is 0 Å². The van der Waals surface area contributed by atoms with Crippen LogP contribution in [0.3, 0.4) is 0 Å². The van der Waals surface area contributed by atoms with E-state index in [4.69, 9.17) is 9.47 Å². The maximum Gasteiger partial charge on any atom is 0.337 e. The van der Waals surface area contributed by atoms with Gasteiger partial charge in [-0.15, -0.1) is 0 Å². The number of hydrogen-bond acceptors (Lipinski definition) is 5. The molecule has 0 heterocycles. The summed E-state index contributed by atoms with van der Waals surface area (Å²) < 4.78 is 15.8. The van der Waals surface area contributed by atoms with Crippen molar-refractivity contribution >= 4 is 17.8 Å². The van der Waals surface area contributed by atoms with E-state index in [1.165, 1.54) is 20.1 Å². The highest BCUT2D eigenvalue weighted by Crippen LogP contribution is 2.33. The molecule has 0 N–H and O–H groups in total. The van der Waals surface area contributed by atoms with E-state index < -0.39 is 5.97 Å². The first-order chi connectivity index (χ1) is 11.5. The molecule has 0 saturated heterocycles. The standard InChI is InChI=1S/C19H18O5/c1-13(20)4-5-14-6-11-17(22-2)18(12-14)24-16-9-7-15(8-10-16)19(21)23-3/h4-12H,1-3H3/b5-4+. The number of carbonyl (C=O) groups is 2. The monoisotopic (exact) mass is 326 g/mol. The molecule has 124 valence electrons. The highest BCUT2D eigenvalue weighted by molar-refractivity contribution is 5.91. The minimum Gasteiger partial charge on any atom is -0.493 e. The van der Waals surface area contributed by atoms with Crippen LogP contribution >= 0.6 is 0 Å². The fraction of sp³-hybridized carbons (Fsp3) is 0.158. The van der Waals surface area contributed by atoms with Crippen molar-refractivity contribution in [1.82, 2.24) is 0 Å². The molecule has 0 aliphatic rings. The molecule has 0 radical (unpaired) electrons. The topological polar surface area (TPSA) is 61.8 Å². The fourth-order valence-corrected chi connectivity index (χ4v) is 1.99. The van der Waals surface area contributed by atoms with Gasteiger partial charge in [-0.05, 0) is 55.0 Å². The van der Waals surface area contributed by atoms with Gasteiger partial charge in [-0.3, -0.25) is 4.79 Å². The van der Waals surface area contributed by atoms with Crippen LogP contribution in [0, 0.1) is 0 Å². The van der Waals surface area contributed by atoms with Crippen molar-refractivity contribution in [3.05, 3.63) is 59.7 Å². The largest absolute Gasteiger partial charge is 0.493 e. The van der Waals surface area contributed by atoms with Gasteiger partial charge in [0.1, 0.15) is 5.75 Å². The van der Waals surface area contributed by atoms with Crippen LogP contribution in [-0.4, -0.2) is 26.0 Å². The van der Waals surface area contributed by atoms with E-state index in [2.05, 4.69) is 4.74 Å². The first-order valence-electron chi connectivity index (χ1n) is 7.26. The number of methoxy groups -OCH3 is 2. The van der Waals surface area contributed by atoms with Crippen LogP contribution < -0.4 is 9.47 Å². The number of benzene rings is 2. The number of allylic oxidation sites excluding steroid dienone is 1. The van der Waals surface area contributed by atoms with Crippen LogP contribution in [0.15, 0.2) is 48.5 Å². The maximum absolute atomic E-state index is 11.4. The Bertz CT molecular complexity index is 760. The Kier molecular flexibility index (Phi) is 5.73. The fourth-order valence-electron chi connectivity index (χ4n) is 1.99. The third kappa shape index (κ3) is 4.46. The summed E-state index contributed by atoms with van der Waals surface area (Å²) in [4.78, 5) is 22.5. The molecule has 24 heavy (non-hydrogen) atoms. The average molecular weight is 326 g/mol. The van der Waals surface area contributed by atoms with E-state index in [0.717, 1.165) is 5.56 Å². The molecule has 0 unspecified atom stereocenters. The summed E-state index contributed by atoms with van der Waals surface area (Å²) >= 11 is 0. The number of ketones is 1. The van der Waals surface area contributed by atoms with Gasteiger partial charge in [-0.1, -0.05) is 12.1 Å². The SMILES string of the molecule is COC(=O)c1ccc(Oc2cc(/C=C/C(C)=O)ccc2OC)cc1. The third-order valence-electron chi connectivity index (χ3n) is 3.20.